The molecular weight excluding hydrogens is 457 g/mol. The van der Waals surface area contributed by atoms with Crippen molar-refractivity contribution < 1.29 is 0 Å². The van der Waals surface area contributed by atoms with Crippen molar-refractivity contribution in [3.05, 3.63) is 72.2 Å². The second-order valence-electron chi connectivity index (χ2n) is 5.22. The second-order valence-corrected chi connectivity index (χ2v) is 7.72. The number of nitriles is 1. The minimum absolute atomic E-state index is 0.307. The lowest BCUT2D eigenvalue weighted by Crippen LogP contribution is -1.95. The van der Waals surface area contributed by atoms with E-state index >= 15 is 0 Å². The van der Waals surface area contributed by atoms with Gasteiger partial charge in [-0.25, -0.2) is 0 Å². The van der Waals surface area contributed by atoms with Crippen molar-refractivity contribution in [3.63, 3.8) is 0 Å². The van der Waals surface area contributed by atoms with E-state index in [0.29, 0.717) is 58.1 Å². The molecule has 0 bridgehead atoms. The minimum Gasteiger partial charge on any atom is -0.254 e. The van der Waals surface area contributed by atoms with E-state index in [1.165, 1.54) is 6.20 Å². The van der Waals surface area contributed by atoms with Gasteiger partial charge in [-0.1, -0.05) is 69.6 Å². The van der Waals surface area contributed by atoms with Gasteiger partial charge in [0.25, 0.3) is 0 Å². The molecule has 0 unspecified atom stereocenters. The van der Waals surface area contributed by atoms with Gasteiger partial charge in [0.2, 0.25) is 0 Å². The SMILES string of the molecule is N#Cc1cnc(-c2c(Cl)cc(Cl)cc2Cl)c(-c2c(Cl)cc(Cl)cc2Cl)c1. The van der Waals surface area contributed by atoms with Crippen molar-refractivity contribution in [3.8, 4) is 28.5 Å². The number of pyridine rings is 1. The van der Waals surface area contributed by atoms with Gasteiger partial charge in [0.05, 0.1) is 31.3 Å². The van der Waals surface area contributed by atoms with Gasteiger partial charge in [-0.05, 0) is 30.3 Å². The highest BCUT2D eigenvalue weighted by atomic mass is 35.5. The maximum atomic E-state index is 9.25. The van der Waals surface area contributed by atoms with E-state index < -0.39 is 0 Å². The Balaban J connectivity index is 2.40. The van der Waals surface area contributed by atoms with E-state index in [4.69, 9.17) is 69.6 Å². The summed E-state index contributed by atoms with van der Waals surface area (Å²) in [6.07, 6.45) is 1.41. The number of rotatable bonds is 2. The molecule has 0 N–H and O–H groups in total. The molecule has 8 heteroatoms. The van der Waals surface area contributed by atoms with Gasteiger partial charge < -0.3 is 0 Å². The fourth-order valence-corrected chi connectivity index (χ4v) is 4.50. The highest BCUT2D eigenvalue weighted by Crippen LogP contribution is 2.45. The molecule has 0 aliphatic carbocycles. The lowest BCUT2D eigenvalue weighted by molar-refractivity contribution is 1.30. The summed E-state index contributed by atoms with van der Waals surface area (Å²) in [5, 5.41) is 11.3. The minimum atomic E-state index is 0.307. The number of halogens is 6. The van der Waals surface area contributed by atoms with Crippen LogP contribution < -0.4 is 0 Å². The Kier molecular flexibility index (Phi) is 5.89. The average molecular weight is 463 g/mol. The van der Waals surface area contributed by atoms with E-state index in [2.05, 4.69) is 4.98 Å². The number of hydrogen-bond acceptors (Lipinski definition) is 2. The third kappa shape index (κ3) is 3.75. The molecule has 1 aromatic heterocycles. The molecule has 3 rings (SSSR count). The number of hydrogen-bond donors (Lipinski definition) is 0. The number of nitrogens with zero attached hydrogens (tertiary/aromatic N) is 2. The lowest BCUT2D eigenvalue weighted by Gasteiger charge is -2.15. The monoisotopic (exact) mass is 460 g/mol. The predicted molar refractivity (Wildman–Crippen MR) is 110 cm³/mol. The van der Waals surface area contributed by atoms with Gasteiger partial charge in [0.1, 0.15) is 6.07 Å². The first-order valence-electron chi connectivity index (χ1n) is 7.01. The first-order chi connectivity index (χ1) is 12.3. The van der Waals surface area contributed by atoms with Crippen molar-refractivity contribution >= 4 is 69.6 Å². The zero-order chi connectivity index (χ0) is 19.0. The fourth-order valence-electron chi connectivity index (χ4n) is 2.48. The third-order valence-corrected chi connectivity index (χ3v) is 5.17. The topological polar surface area (TPSA) is 36.7 Å². The molecule has 0 atom stereocenters. The Labute approximate surface area is 179 Å². The molecule has 2 aromatic carbocycles. The van der Waals surface area contributed by atoms with Gasteiger partial charge in [-0.15, -0.1) is 0 Å². The van der Waals surface area contributed by atoms with Crippen LogP contribution in [0.3, 0.4) is 0 Å². The summed E-state index contributed by atoms with van der Waals surface area (Å²) in [5.74, 6) is 0. The summed E-state index contributed by atoms with van der Waals surface area (Å²) < 4.78 is 0. The number of benzene rings is 2. The first-order valence-corrected chi connectivity index (χ1v) is 9.28. The molecule has 1 heterocycles. The van der Waals surface area contributed by atoms with Crippen molar-refractivity contribution in [2.75, 3.05) is 0 Å². The molecule has 0 spiro atoms. The van der Waals surface area contributed by atoms with Gasteiger partial charge in [0.15, 0.2) is 0 Å². The summed E-state index contributed by atoms with van der Waals surface area (Å²) in [7, 11) is 0. The van der Waals surface area contributed by atoms with Gasteiger partial charge in [-0.3, -0.25) is 4.98 Å². The van der Waals surface area contributed by atoms with E-state index in [-0.39, 0.29) is 0 Å². The van der Waals surface area contributed by atoms with E-state index in [0.717, 1.165) is 0 Å². The van der Waals surface area contributed by atoms with Crippen LogP contribution in [0.4, 0.5) is 0 Å². The maximum Gasteiger partial charge on any atom is 0.101 e. The largest absolute Gasteiger partial charge is 0.254 e. The number of aromatic nitrogens is 1. The molecule has 0 radical (unpaired) electrons. The Morgan fingerprint density at radius 1 is 0.692 bits per heavy atom. The third-order valence-electron chi connectivity index (χ3n) is 3.54. The van der Waals surface area contributed by atoms with Crippen LogP contribution in [0.5, 0.6) is 0 Å². The summed E-state index contributed by atoms with van der Waals surface area (Å²) in [6.45, 7) is 0. The molecule has 26 heavy (non-hydrogen) atoms. The van der Waals surface area contributed by atoms with Crippen LogP contribution in [-0.4, -0.2) is 4.98 Å². The second kappa shape index (κ2) is 7.82. The van der Waals surface area contributed by atoms with Crippen LogP contribution in [0.15, 0.2) is 36.5 Å². The van der Waals surface area contributed by atoms with E-state index in [1.54, 1.807) is 30.3 Å². The van der Waals surface area contributed by atoms with E-state index in [1.807, 2.05) is 6.07 Å². The average Bonchev–Trinajstić information content (AvgIpc) is 2.54. The molecule has 0 amide bonds. The normalized spacial score (nSPS) is 10.7. The highest BCUT2D eigenvalue weighted by Gasteiger charge is 2.21. The van der Waals surface area contributed by atoms with Crippen molar-refractivity contribution in [2.45, 2.75) is 0 Å². The van der Waals surface area contributed by atoms with Crippen LogP contribution in [0, 0.1) is 11.3 Å². The quantitative estimate of drug-likeness (QED) is 0.384. The summed E-state index contributed by atoms with van der Waals surface area (Å²) in [5.41, 5.74) is 2.18. The molecule has 2 nitrogen and oxygen atoms in total. The molecule has 0 aliphatic heterocycles. The molecule has 3 aromatic rings. The zero-order valence-corrected chi connectivity index (χ0v) is 17.2. The van der Waals surface area contributed by atoms with Gasteiger partial charge in [-0.2, -0.15) is 5.26 Å². The van der Waals surface area contributed by atoms with Crippen molar-refractivity contribution in [2.24, 2.45) is 0 Å². The molecule has 0 saturated carbocycles. The first kappa shape index (κ1) is 19.6. The predicted octanol–water partition coefficient (Wildman–Crippen LogP) is 8.21. The highest BCUT2D eigenvalue weighted by molar-refractivity contribution is 6.43. The summed E-state index contributed by atoms with van der Waals surface area (Å²) in [6, 6.07) is 9.88. The molecule has 0 aliphatic rings. The maximum absolute atomic E-state index is 9.25. The summed E-state index contributed by atoms with van der Waals surface area (Å²) in [4.78, 5) is 4.37. The zero-order valence-electron chi connectivity index (χ0n) is 12.6. The Hall–Kier alpha value is -1.18. The van der Waals surface area contributed by atoms with Gasteiger partial charge in [0, 0.05) is 32.9 Å². The smallest absolute Gasteiger partial charge is 0.101 e. The molecule has 130 valence electrons. The van der Waals surface area contributed by atoms with Crippen LogP contribution in [-0.2, 0) is 0 Å². The Morgan fingerprint density at radius 2 is 1.15 bits per heavy atom. The van der Waals surface area contributed by atoms with Crippen LogP contribution >= 0.6 is 69.6 Å². The molecular formula is C18H6Cl6N2. The van der Waals surface area contributed by atoms with Crippen molar-refractivity contribution in [1.29, 1.82) is 5.26 Å². The molecule has 0 saturated heterocycles. The Morgan fingerprint density at radius 3 is 1.62 bits per heavy atom. The fraction of sp³-hybridized carbons (Fsp3) is 0. The summed E-state index contributed by atoms with van der Waals surface area (Å²) >= 11 is 37.4. The van der Waals surface area contributed by atoms with Crippen molar-refractivity contribution in [1.82, 2.24) is 4.98 Å². The van der Waals surface area contributed by atoms with Crippen LogP contribution in [0.1, 0.15) is 5.56 Å². The standard InChI is InChI=1S/C18H6Cl6N2/c19-9-2-12(21)16(13(22)3-9)11-1-8(6-25)7-26-18(11)17-14(23)4-10(20)5-15(17)24/h1-5,7H. The van der Waals surface area contributed by atoms with Crippen LogP contribution in [0.25, 0.3) is 22.4 Å². The lowest BCUT2D eigenvalue weighted by atomic mass is 9.97. The van der Waals surface area contributed by atoms with Crippen LogP contribution in [0.2, 0.25) is 30.1 Å². The Bertz CT molecular complexity index is 1030. The molecule has 0 fully saturated rings. The van der Waals surface area contributed by atoms with E-state index in [9.17, 15) is 5.26 Å². The van der Waals surface area contributed by atoms with Gasteiger partial charge >= 0.3 is 0 Å².